The van der Waals surface area contributed by atoms with Gasteiger partial charge in [0, 0.05) is 0 Å². The van der Waals surface area contributed by atoms with E-state index in [9.17, 15) is 13.2 Å². The molecule has 0 atom stereocenters. The smallest absolute Gasteiger partial charge is 0.457 e. The van der Waals surface area contributed by atoms with Crippen molar-refractivity contribution in [3.8, 4) is 17.2 Å². The van der Waals surface area contributed by atoms with E-state index in [1.807, 2.05) is 18.2 Å². The fraction of sp³-hybridized carbons (Fsp3) is 0.188. The second kappa shape index (κ2) is 6.52. The van der Waals surface area contributed by atoms with E-state index >= 15 is 0 Å². The molecule has 0 aliphatic heterocycles. The van der Waals surface area contributed by atoms with E-state index in [1.165, 1.54) is 24.3 Å². The SMILES string of the molecule is [CH2]CCc1cccc(Oc2ccc(OC(F)(F)F)cc2)c1. The van der Waals surface area contributed by atoms with Crippen LogP contribution in [0.5, 0.6) is 17.2 Å². The molecule has 0 saturated heterocycles. The van der Waals surface area contributed by atoms with Gasteiger partial charge in [-0.1, -0.05) is 19.1 Å². The fourth-order valence-electron chi connectivity index (χ4n) is 1.81. The average molecular weight is 295 g/mol. The van der Waals surface area contributed by atoms with Crippen molar-refractivity contribution in [2.45, 2.75) is 19.2 Å². The minimum absolute atomic E-state index is 0.277. The van der Waals surface area contributed by atoms with Crippen LogP contribution in [0.15, 0.2) is 48.5 Å². The van der Waals surface area contributed by atoms with Crippen LogP contribution < -0.4 is 9.47 Å². The summed E-state index contributed by atoms with van der Waals surface area (Å²) in [6, 6.07) is 12.8. The van der Waals surface area contributed by atoms with E-state index in [0.717, 1.165) is 18.4 Å². The van der Waals surface area contributed by atoms with Crippen molar-refractivity contribution in [2.75, 3.05) is 0 Å². The molecule has 0 N–H and O–H groups in total. The summed E-state index contributed by atoms with van der Waals surface area (Å²) < 4.78 is 45.5. The first-order chi connectivity index (χ1) is 9.96. The number of hydrogen-bond acceptors (Lipinski definition) is 2. The predicted octanol–water partition coefficient (Wildman–Crippen LogP) is 5.14. The molecule has 2 aromatic carbocycles. The molecule has 0 heterocycles. The van der Waals surface area contributed by atoms with Crippen LogP contribution in [0.25, 0.3) is 0 Å². The number of benzene rings is 2. The first-order valence-electron chi connectivity index (χ1n) is 6.38. The van der Waals surface area contributed by atoms with Gasteiger partial charge in [0.15, 0.2) is 0 Å². The quantitative estimate of drug-likeness (QED) is 0.760. The second-order valence-corrected chi connectivity index (χ2v) is 4.37. The van der Waals surface area contributed by atoms with Gasteiger partial charge in [0.25, 0.3) is 0 Å². The summed E-state index contributed by atoms with van der Waals surface area (Å²) in [6.45, 7) is 3.79. The molecule has 0 saturated carbocycles. The topological polar surface area (TPSA) is 18.5 Å². The fourth-order valence-corrected chi connectivity index (χ4v) is 1.81. The van der Waals surface area contributed by atoms with Gasteiger partial charge in [-0.3, -0.25) is 0 Å². The Morgan fingerprint density at radius 3 is 2.19 bits per heavy atom. The number of halogens is 3. The highest BCUT2D eigenvalue weighted by Gasteiger charge is 2.30. The zero-order valence-corrected chi connectivity index (χ0v) is 11.2. The largest absolute Gasteiger partial charge is 0.573 e. The van der Waals surface area contributed by atoms with Crippen LogP contribution in [-0.4, -0.2) is 6.36 Å². The standard InChI is InChI=1S/C16H14F3O2/c1-2-4-12-5-3-6-15(11-12)20-13-7-9-14(10-8-13)21-16(17,18)19/h3,5-11H,1-2,4H2. The van der Waals surface area contributed by atoms with Gasteiger partial charge in [0.1, 0.15) is 17.2 Å². The van der Waals surface area contributed by atoms with E-state index in [2.05, 4.69) is 11.7 Å². The summed E-state index contributed by atoms with van der Waals surface area (Å²) in [7, 11) is 0. The molecule has 0 amide bonds. The second-order valence-electron chi connectivity index (χ2n) is 4.37. The Balaban J connectivity index is 2.04. The summed E-state index contributed by atoms with van der Waals surface area (Å²) in [4.78, 5) is 0. The lowest BCUT2D eigenvalue weighted by Crippen LogP contribution is -2.16. The van der Waals surface area contributed by atoms with Crippen LogP contribution in [-0.2, 0) is 6.42 Å². The normalized spacial score (nSPS) is 11.2. The molecular formula is C16H14F3O2. The Labute approximate surface area is 121 Å². The molecule has 0 aromatic heterocycles. The van der Waals surface area contributed by atoms with Gasteiger partial charge in [0.2, 0.25) is 0 Å². The lowest BCUT2D eigenvalue weighted by Gasteiger charge is -2.10. The van der Waals surface area contributed by atoms with Gasteiger partial charge < -0.3 is 9.47 Å². The molecule has 2 nitrogen and oxygen atoms in total. The molecule has 2 aromatic rings. The molecule has 5 heteroatoms. The van der Waals surface area contributed by atoms with Gasteiger partial charge in [0.05, 0.1) is 0 Å². The summed E-state index contributed by atoms with van der Waals surface area (Å²) >= 11 is 0. The maximum absolute atomic E-state index is 12.0. The van der Waals surface area contributed by atoms with Gasteiger partial charge in [-0.15, -0.1) is 13.2 Å². The minimum atomic E-state index is -4.69. The molecular weight excluding hydrogens is 281 g/mol. The van der Waals surface area contributed by atoms with Crippen LogP contribution >= 0.6 is 0 Å². The van der Waals surface area contributed by atoms with E-state index in [0.29, 0.717) is 11.5 Å². The zero-order chi connectivity index (χ0) is 15.3. The van der Waals surface area contributed by atoms with Crippen molar-refractivity contribution >= 4 is 0 Å². The van der Waals surface area contributed by atoms with Crippen molar-refractivity contribution in [1.29, 1.82) is 0 Å². The first-order valence-corrected chi connectivity index (χ1v) is 6.38. The van der Waals surface area contributed by atoms with E-state index in [-0.39, 0.29) is 5.75 Å². The molecule has 111 valence electrons. The van der Waals surface area contributed by atoms with Crippen molar-refractivity contribution in [3.63, 3.8) is 0 Å². The molecule has 21 heavy (non-hydrogen) atoms. The Morgan fingerprint density at radius 1 is 0.905 bits per heavy atom. The summed E-state index contributed by atoms with van der Waals surface area (Å²) in [5.74, 6) is 0.794. The van der Waals surface area contributed by atoms with Gasteiger partial charge in [-0.25, -0.2) is 0 Å². The van der Waals surface area contributed by atoms with Gasteiger partial charge in [-0.2, -0.15) is 0 Å². The molecule has 0 fully saturated rings. The lowest BCUT2D eigenvalue weighted by atomic mass is 10.1. The Morgan fingerprint density at radius 2 is 1.57 bits per heavy atom. The molecule has 1 radical (unpaired) electrons. The summed E-state index contributed by atoms with van der Waals surface area (Å²) in [5.41, 5.74) is 1.10. The van der Waals surface area contributed by atoms with E-state index < -0.39 is 6.36 Å². The Hall–Kier alpha value is -2.17. The molecule has 0 bridgehead atoms. The number of alkyl halides is 3. The van der Waals surface area contributed by atoms with Crippen molar-refractivity contribution in [3.05, 3.63) is 61.0 Å². The van der Waals surface area contributed by atoms with Crippen molar-refractivity contribution in [2.24, 2.45) is 0 Å². The highest BCUT2D eigenvalue weighted by atomic mass is 19.4. The van der Waals surface area contributed by atoms with Crippen molar-refractivity contribution in [1.82, 2.24) is 0 Å². The van der Waals surface area contributed by atoms with E-state index in [1.54, 1.807) is 6.07 Å². The van der Waals surface area contributed by atoms with Crippen LogP contribution in [0, 0.1) is 6.92 Å². The molecule has 2 rings (SSSR count). The first kappa shape index (κ1) is 15.2. The molecule has 0 aliphatic rings. The molecule has 0 aliphatic carbocycles. The number of ether oxygens (including phenoxy) is 2. The maximum Gasteiger partial charge on any atom is 0.573 e. The van der Waals surface area contributed by atoms with Crippen LogP contribution in [0.3, 0.4) is 0 Å². The Kier molecular flexibility index (Phi) is 4.73. The predicted molar refractivity (Wildman–Crippen MR) is 73.3 cm³/mol. The van der Waals surface area contributed by atoms with Gasteiger partial charge in [-0.05, 0) is 54.8 Å². The van der Waals surface area contributed by atoms with Gasteiger partial charge >= 0.3 is 6.36 Å². The van der Waals surface area contributed by atoms with Crippen molar-refractivity contribution < 1.29 is 22.6 Å². The number of rotatable bonds is 5. The monoisotopic (exact) mass is 295 g/mol. The third-order valence-electron chi connectivity index (χ3n) is 2.66. The lowest BCUT2D eigenvalue weighted by molar-refractivity contribution is -0.274. The molecule has 0 unspecified atom stereocenters. The average Bonchev–Trinajstić information content (AvgIpc) is 2.40. The third-order valence-corrected chi connectivity index (χ3v) is 2.66. The highest BCUT2D eigenvalue weighted by Crippen LogP contribution is 2.27. The summed E-state index contributed by atoms with van der Waals surface area (Å²) in [6.07, 6.45) is -3.06. The Bertz CT molecular complexity index is 577. The van der Waals surface area contributed by atoms with Crippen LogP contribution in [0.1, 0.15) is 12.0 Å². The maximum atomic E-state index is 12.0. The molecule has 0 spiro atoms. The summed E-state index contributed by atoms with van der Waals surface area (Å²) in [5, 5.41) is 0. The minimum Gasteiger partial charge on any atom is -0.457 e. The number of aryl methyl sites for hydroxylation is 1. The van der Waals surface area contributed by atoms with Crippen LogP contribution in [0.4, 0.5) is 13.2 Å². The highest BCUT2D eigenvalue weighted by molar-refractivity contribution is 5.37. The number of hydrogen-bond donors (Lipinski definition) is 0. The third kappa shape index (κ3) is 5.02. The van der Waals surface area contributed by atoms with E-state index in [4.69, 9.17) is 4.74 Å². The van der Waals surface area contributed by atoms with Crippen LogP contribution in [0.2, 0.25) is 0 Å². The zero-order valence-electron chi connectivity index (χ0n) is 11.2.